The Balaban J connectivity index is 1.39. The highest BCUT2D eigenvalue weighted by Gasteiger charge is 2.34. The lowest BCUT2D eigenvalue weighted by Gasteiger charge is -2.38. The lowest BCUT2D eigenvalue weighted by atomic mass is 9.91. The number of fused-ring (bicyclic) bond motifs is 1. The molecule has 2 amide bonds. The Bertz CT molecular complexity index is 844. The largest absolute Gasteiger partial charge is 0.368 e. The maximum atomic E-state index is 13.1. The number of benzene rings is 2. The highest BCUT2D eigenvalue weighted by molar-refractivity contribution is 5.82. The molecule has 0 bridgehead atoms. The standard InChI is InChI=1S/C23H27N3O2/c24-22(27)21(18-7-2-1-3-8-18)25-13-11-19(12-14-25)23(28)26-15-10-17-6-4-5-9-20(17)16-26/h1-9,19,21H,10-16H2,(H2,24,27). The number of carbonyl (C=O) groups excluding carboxylic acids is 2. The Hall–Kier alpha value is -2.66. The van der Waals surface area contributed by atoms with Gasteiger partial charge in [0.2, 0.25) is 11.8 Å². The summed E-state index contributed by atoms with van der Waals surface area (Å²) in [7, 11) is 0. The van der Waals surface area contributed by atoms with Gasteiger partial charge in [0.05, 0.1) is 0 Å². The predicted molar refractivity (Wildman–Crippen MR) is 108 cm³/mol. The van der Waals surface area contributed by atoms with Crippen molar-refractivity contribution in [1.82, 2.24) is 9.80 Å². The van der Waals surface area contributed by atoms with Gasteiger partial charge in [-0.1, -0.05) is 54.6 Å². The number of carbonyl (C=O) groups is 2. The molecule has 5 nitrogen and oxygen atoms in total. The SMILES string of the molecule is NC(=O)C(c1ccccc1)N1CCC(C(=O)N2CCc3ccccc3C2)CC1. The number of nitrogens with zero attached hydrogens (tertiary/aromatic N) is 2. The second-order valence-corrected chi connectivity index (χ2v) is 7.80. The lowest BCUT2D eigenvalue weighted by Crippen LogP contribution is -2.47. The molecule has 0 saturated carbocycles. The van der Waals surface area contributed by atoms with Gasteiger partial charge in [-0.2, -0.15) is 0 Å². The van der Waals surface area contributed by atoms with Crippen molar-refractivity contribution in [2.75, 3.05) is 19.6 Å². The van der Waals surface area contributed by atoms with E-state index in [0.717, 1.165) is 31.4 Å². The van der Waals surface area contributed by atoms with Crippen molar-refractivity contribution in [3.05, 3.63) is 71.3 Å². The van der Waals surface area contributed by atoms with Crippen molar-refractivity contribution in [2.24, 2.45) is 11.7 Å². The van der Waals surface area contributed by atoms with E-state index in [2.05, 4.69) is 23.1 Å². The molecule has 0 radical (unpaired) electrons. The molecule has 146 valence electrons. The number of primary amides is 1. The molecule has 2 aromatic carbocycles. The highest BCUT2D eigenvalue weighted by Crippen LogP contribution is 2.29. The van der Waals surface area contributed by atoms with Crippen LogP contribution in [0, 0.1) is 5.92 Å². The van der Waals surface area contributed by atoms with Gasteiger partial charge in [0.25, 0.3) is 0 Å². The quantitative estimate of drug-likeness (QED) is 0.890. The molecule has 2 aliphatic rings. The van der Waals surface area contributed by atoms with Gasteiger partial charge in [0, 0.05) is 19.0 Å². The predicted octanol–water partition coefficient (Wildman–Crippen LogP) is 2.51. The van der Waals surface area contributed by atoms with E-state index in [-0.39, 0.29) is 17.7 Å². The number of hydrogen-bond acceptors (Lipinski definition) is 3. The Labute approximate surface area is 166 Å². The summed E-state index contributed by atoms with van der Waals surface area (Å²) in [6, 6.07) is 17.6. The fourth-order valence-corrected chi connectivity index (χ4v) is 4.54. The molecule has 0 aromatic heterocycles. The van der Waals surface area contributed by atoms with Gasteiger partial charge in [-0.15, -0.1) is 0 Å². The van der Waals surface area contributed by atoms with Crippen molar-refractivity contribution in [2.45, 2.75) is 31.8 Å². The molecule has 1 unspecified atom stereocenters. The van der Waals surface area contributed by atoms with Crippen molar-refractivity contribution in [3.8, 4) is 0 Å². The number of likely N-dealkylation sites (tertiary alicyclic amines) is 1. The fraction of sp³-hybridized carbons (Fsp3) is 0.391. The van der Waals surface area contributed by atoms with Crippen LogP contribution in [-0.2, 0) is 22.6 Å². The molecule has 4 rings (SSSR count). The number of piperidine rings is 1. The molecule has 2 N–H and O–H groups in total. The van der Waals surface area contributed by atoms with E-state index in [1.54, 1.807) is 0 Å². The average Bonchev–Trinajstić information content (AvgIpc) is 2.74. The van der Waals surface area contributed by atoms with Crippen molar-refractivity contribution in [1.29, 1.82) is 0 Å². The van der Waals surface area contributed by atoms with Gasteiger partial charge in [-0.25, -0.2) is 0 Å². The summed E-state index contributed by atoms with van der Waals surface area (Å²) in [5, 5.41) is 0. The van der Waals surface area contributed by atoms with Crippen LogP contribution in [0.15, 0.2) is 54.6 Å². The Morgan fingerprint density at radius 1 is 0.893 bits per heavy atom. The summed E-state index contributed by atoms with van der Waals surface area (Å²) < 4.78 is 0. The molecule has 1 fully saturated rings. The lowest BCUT2D eigenvalue weighted by molar-refractivity contribution is -0.138. The topological polar surface area (TPSA) is 66.6 Å². The minimum atomic E-state index is -0.417. The molecular weight excluding hydrogens is 350 g/mol. The second-order valence-electron chi connectivity index (χ2n) is 7.80. The Morgan fingerprint density at radius 2 is 1.54 bits per heavy atom. The van der Waals surface area contributed by atoms with Gasteiger partial charge in [0.1, 0.15) is 6.04 Å². The van der Waals surface area contributed by atoms with Gasteiger partial charge in [0.15, 0.2) is 0 Å². The first kappa shape index (κ1) is 18.7. The molecule has 5 heteroatoms. The van der Waals surface area contributed by atoms with E-state index in [9.17, 15) is 9.59 Å². The number of hydrogen-bond donors (Lipinski definition) is 1. The third-order valence-corrected chi connectivity index (χ3v) is 6.07. The first-order valence-electron chi connectivity index (χ1n) is 10.1. The molecule has 2 aromatic rings. The van der Waals surface area contributed by atoms with Gasteiger partial charge in [-0.3, -0.25) is 14.5 Å². The van der Waals surface area contributed by atoms with E-state index in [1.165, 1.54) is 11.1 Å². The fourth-order valence-electron chi connectivity index (χ4n) is 4.54. The van der Waals surface area contributed by atoms with Gasteiger partial charge < -0.3 is 10.6 Å². The number of nitrogens with two attached hydrogens (primary N) is 1. The van der Waals surface area contributed by atoms with Crippen molar-refractivity contribution >= 4 is 11.8 Å². The first-order valence-corrected chi connectivity index (χ1v) is 10.1. The van der Waals surface area contributed by atoms with E-state index in [0.29, 0.717) is 19.6 Å². The summed E-state index contributed by atoms with van der Waals surface area (Å²) in [6.45, 7) is 2.93. The van der Waals surface area contributed by atoms with Gasteiger partial charge in [-0.05, 0) is 49.0 Å². The van der Waals surface area contributed by atoms with Crippen molar-refractivity contribution in [3.63, 3.8) is 0 Å². The summed E-state index contributed by atoms with van der Waals surface area (Å²) in [4.78, 5) is 29.3. The van der Waals surface area contributed by atoms with Crippen LogP contribution >= 0.6 is 0 Å². The van der Waals surface area contributed by atoms with Crippen LogP contribution < -0.4 is 5.73 Å². The van der Waals surface area contributed by atoms with E-state index in [4.69, 9.17) is 5.73 Å². The summed E-state index contributed by atoms with van der Waals surface area (Å²) in [6.07, 6.45) is 2.47. The Morgan fingerprint density at radius 3 is 2.21 bits per heavy atom. The number of rotatable bonds is 4. The molecule has 1 atom stereocenters. The summed E-state index contributed by atoms with van der Waals surface area (Å²) >= 11 is 0. The zero-order chi connectivity index (χ0) is 19.5. The minimum absolute atomic E-state index is 0.0332. The summed E-state index contributed by atoms with van der Waals surface area (Å²) in [5.74, 6) is -0.0427. The second kappa shape index (κ2) is 8.15. The minimum Gasteiger partial charge on any atom is -0.368 e. The average molecular weight is 377 g/mol. The highest BCUT2D eigenvalue weighted by atomic mass is 16.2. The zero-order valence-corrected chi connectivity index (χ0v) is 16.1. The first-order chi connectivity index (χ1) is 13.6. The number of amides is 2. The normalized spacial score (nSPS) is 19.1. The molecule has 2 heterocycles. The maximum absolute atomic E-state index is 13.1. The van der Waals surface area contributed by atoms with Crippen LogP contribution in [-0.4, -0.2) is 41.2 Å². The summed E-state index contributed by atoms with van der Waals surface area (Å²) in [5.41, 5.74) is 9.24. The Kier molecular flexibility index (Phi) is 5.44. The smallest absolute Gasteiger partial charge is 0.239 e. The molecule has 1 saturated heterocycles. The van der Waals surface area contributed by atoms with Gasteiger partial charge >= 0.3 is 0 Å². The molecule has 0 spiro atoms. The van der Waals surface area contributed by atoms with E-state index in [1.807, 2.05) is 41.3 Å². The van der Waals surface area contributed by atoms with Crippen LogP contribution in [0.2, 0.25) is 0 Å². The van der Waals surface area contributed by atoms with Crippen LogP contribution in [0.3, 0.4) is 0 Å². The maximum Gasteiger partial charge on any atom is 0.239 e. The van der Waals surface area contributed by atoms with Crippen LogP contribution in [0.4, 0.5) is 0 Å². The van der Waals surface area contributed by atoms with Crippen LogP contribution in [0.5, 0.6) is 0 Å². The molecule has 2 aliphatic heterocycles. The molecule has 28 heavy (non-hydrogen) atoms. The van der Waals surface area contributed by atoms with Crippen molar-refractivity contribution < 1.29 is 9.59 Å². The van der Waals surface area contributed by atoms with Crippen LogP contribution in [0.25, 0.3) is 0 Å². The van der Waals surface area contributed by atoms with E-state index >= 15 is 0 Å². The third kappa shape index (κ3) is 3.80. The third-order valence-electron chi connectivity index (χ3n) is 6.07. The van der Waals surface area contributed by atoms with E-state index < -0.39 is 6.04 Å². The van der Waals surface area contributed by atoms with Crippen LogP contribution in [0.1, 0.15) is 35.6 Å². The monoisotopic (exact) mass is 377 g/mol. The molecule has 0 aliphatic carbocycles. The zero-order valence-electron chi connectivity index (χ0n) is 16.1. The molecular formula is C23H27N3O2.